The Morgan fingerprint density at radius 2 is 1.56 bits per heavy atom. The van der Waals surface area contributed by atoms with Gasteiger partial charge in [0.05, 0.1) is 11.2 Å². The molecule has 0 aromatic carbocycles. The van der Waals surface area contributed by atoms with E-state index in [2.05, 4.69) is 13.8 Å². The van der Waals surface area contributed by atoms with E-state index in [1.165, 1.54) is 32.1 Å². The predicted octanol–water partition coefficient (Wildman–Crippen LogP) is 3.38. The Balaban J connectivity index is 1.70. The standard InChI is InChI=1S/C16H28O2/c1-15(2,18-3)4-5-16(17)13-7-11-6-12(9-13)10-14(16)8-11/h11-14,17H,4-10H2,1-3H3. The largest absolute Gasteiger partial charge is 0.389 e. The van der Waals surface area contributed by atoms with Crippen LogP contribution in [0.5, 0.6) is 0 Å². The highest BCUT2D eigenvalue weighted by atomic mass is 16.5. The number of hydrogen-bond acceptors (Lipinski definition) is 2. The van der Waals surface area contributed by atoms with Crippen molar-refractivity contribution in [1.82, 2.24) is 0 Å². The first-order valence-corrected chi connectivity index (χ1v) is 7.70. The van der Waals surface area contributed by atoms with Crippen LogP contribution < -0.4 is 0 Å². The molecule has 18 heavy (non-hydrogen) atoms. The van der Waals surface area contributed by atoms with Crippen LogP contribution in [0.1, 0.15) is 58.8 Å². The summed E-state index contributed by atoms with van der Waals surface area (Å²) in [7, 11) is 1.78. The Morgan fingerprint density at radius 3 is 2.00 bits per heavy atom. The molecule has 4 fully saturated rings. The second-order valence-corrected chi connectivity index (χ2v) is 7.76. The maximum Gasteiger partial charge on any atom is 0.0705 e. The molecular formula is C16H28O2. The first kappa shape index (κ1) is 12.9. The van der Waals surface area contributed by atoms with Gasteiger partial charge >= 0.3 is 0 Å². The summed E-state index contributed by atoms with van der Waals surface area (Å²) in [5, 5.41) is 11.2. The van der Waals surface area contributed by atoms with Crippen LogP contribution in [0, 0.1) is 23.7 Å². The smallest absolute Gasteiger partial charge is 0.0705 e. The zero-order chi connectivity index (χ0) is 13.0. The van der Waals surface area contributed by atoms with Gasteiger partial charge in [0.1, 0.15) is 0 Å². The zero-order valence-corrected chi connectivity index (χ0v) is 12.1. The van der Waals surface area contributed by atoms with Gasteiger partial charge < -0.3 is 9.84 Å². The van der Waals surface area contributed by atoms with Crippen molar-refractivity contribution in [3.8, 4) is 0 Å². The summed E-state index contributed by atoms with van der Waals surface area (Å²) < 4.78 is 5.51. The summed E-state index contributed by atoms with van der Waals surface area (Å²) in [5.74, 6) is 3.04. The van der Waals surface area contributed by atoms with Crippen molar-refractivity contribution in [2.45, 2.75) is 70.0 Å². The Hall–Kier alpha value is -0.0800. The molecule has 1 N–H and O–H groups in total. The molecule has 0 unspecified atom stereocenters. The van der Waals surface area contributed by atoms with E-state index in [1.807, 2.05) is 0 Å². The SMILES string of the molecule is COC(C)(C)CCC1(O)C2CC3CC(C2)CC1C3. The Bertz CT molecular complexity index is 293. The molecule has 4 bridgehead atoms. The Morgan fingerprint density at radius 1 is 1.06 bits per heavy atom. The number of rotatable bonds is 4. The van der Waals surface area contributed by atoms with Crippen LogP contribution in [0.4, 0.5) is 0 Å². The molecule has 4 rings (SSSR count). The molecule has 4 saturated carbocycles. The minimum atomic E-state index is -0.372. The number of ether oxygens (including phenoxy) is 1. The van der Waals surface area contributed by atoms with E-state index in [0.717, 1.165) is 24.7 Å². The Labute approximate surface area is 111 Å². The normalized spacial score (nSPS) is 46.7. The van der Waals surface area contributed by atoms with E-state index in [0.29, 0.717) is 11.8 Å². The molecule has 0 radical (unpaired) electrons. The molecule has 0 saturated heterocycles. The van der Waals surface area contributed by atoms with Gasteiger partial charge in [-0.15, -0.1) is 0 Å². The zero-order valence-electron chi connectivity index (χ0n) is 12.1. The number of hydrogen-bond donors (Lipinski definition) is 1. The van der Waals surface area contributed by atoms with Crippen molar-refractivity contribution in [2.75, 3.05) is 7.11 Å². The van der Waals surface area contributed by atoms with Gasteiger partial charge in [0.15, 0.2) is 0 Å². The van der Waals surface area contributed by atoms with Crippen molar-refractivity contribution in [3.05, 3.63) is 0 Å². The first-order valence-electron chi connectivity index (χ1n) is 7.70. The molecule has 104 valence electrons. The van der Waals surface area contributed by atoms with Crippen LogP contribution >= 0.6 is 0 Å². The van der Waals surface area contributed by atoms with Crippen molar-refractivity contribution in [2.24, 2.45) is 23.7 Å². The molecular weight excluding hydrogens is 224 g/mol. The molecule has 2 nitrogen and oxygen atoms in total. The van der Waals surface area contributed by atoms with Crippen LogP contribution in [0.2, 0.25) is 0 Å². The summed E-state index contributed by atoms with van der Waals surface area (Å²) in [6, 6.07) is 0. The fraction of sp³-hybridized carbons (Fsp3) is 1.00. The molecule has 0 aliphatic heterocycles. The fourth-order valence-electron chi connectivity index (χ4n) is 5.01. The second-order valence-electron chi connectivity index (χ2n) is 7.76. The summed E-state index contributed by atoms with van der Waals surface area (Å²) in [6.07, 6.45) is 8.51. The monoisotopic (exact) mass is 252 g/mol. The number of aliphatic hydroxyl groups is 1. The second kappa shape index (κ2) is 4.21. The highest BCUT2D eigenvalue weighted by Crippen LogP contribution is 2.59. The van der Waals surface area contributed by atoms with Gasteiger partial charge in [-0.3, -0.25) is 0 Å². The Kier molecular flexibility index (Phi) is 3.02. The van der Waals surface area contributed by atoms with E-state index >= 15 is 0 Å². The van der Waals surface area contributed by atoms with Gasteiger partial charge in [0, 0.05) is 7.11 Å². The quantitative estimate of drug-likeness (QED) is 0.831. The van der Waals surface area contributed by atoms with E-state index in [4.69, 9.17) is 4.74 Å². The summed E-state index contributed by atoms with van der Waals surface area (Å²) in [6.45, 7) is 4.26. The summed E-state index contributed by atoms with van der Waals surface area (Å²) >= 11 is 0. The maximum absolute atomic E-state index is 11.2. The highest BCUT2D eigenvalue weighted by molar-refractivity contribution is 5.07. The molecule has 0 aromatic rings. The summed E-state index contributed by atoms with van der Waals surface area (Å²) in [4.78, 5) is 0. The molecule has 0 atom stereocenters. The minimum absolute atomic E-state index is 0.0929. The van der Waals surface area contributed by atoms with Gasteiger partial charge in [-0.2, -0.15) is 0 Å². The van der Waals surface area contributed by atoms with Gasteiger partial charge in [0.2, 0.25) is 0 Å². The first-order chi connectivity index (χ1) is 8.43. The molecule has 0 aromatic heterocycles. The van der Waals surface area contributed by atoms with E-state index in [1.54, 1.807) is 7.11 Å². The van der Waals surface area contributed by atoms with Crippen molar-refractivity contribution in [3.63, 3.8) is 0 Å². The molecule has 2 heteroatoms. The van der Waals surface area contributed by atoms with Crippen LogP contribution in [-0.4, -0.2) is 23.4 Å². The van der Waals surface area contributed by atoms with Crippen molar-refractivity contribution >= 4 is 0 Å². The molecule has 4 aliphatic carbocycles. The number of methoxy groups -OCH3 is 1. The van der Waals surface area contributed by atoms with Gasteiger partial charge in [0.25, 0.3) is 0 Å². The van der Waals surface area contributed by atoms with Gasteiger partial charge in [-0.25, -0.2) is 0 Å². The highest BCUT2D eigenvalue weighted by Gasteiger charge is 2.56. The lowest BCUT2D eigenvalue weighted by atomic mass is 9.49. The van der Waals surface area contributed by atoms with Crippen LogP contribution in [0.3, 0.4) is 0 Å². The lowest BCUT2D eigenvalue weighted by molar-refractivity contribution is -0.182. The van der Waals surface area contributed by atoms with Gasteiger partial charge in [-0.1, -0.05) is 0 Å². The van der Waals surface area contributed by atoms with Crippen LogP contribution in [0.15, 0.2) is 0 Å². The van der Waals surface area contributed by atoms with E-state index in [9.17, 15) is 5.11 Å². The van der Waals surface area contributed by atoms with E-state index < -0.39 is 0 Å². The van der Waals surface area contributed by atoms with Crippen LogP contribution in [0.25, 0.3) is 0 Å². The van der Waals surface area contributed by atoms with Crippen molar-refractivity contribution in [1.29, 1.82) is 0 Å². The van der Waals surface area contributed by atoms with Gasteiger partial charge in [-0.05, 0) is 82.5 Å². The third-order valence-electron chi connectivity index (χ3n) is 6.23. The average Bonchev–Trinajstić information content (AvgIpc) is 2.33. The van der Waals surface area contributed by atoms with Crippen LogP contribution in [-0.2, 0) is 4.74 Å². The molecule has 0 heterocycles. The maximum atomic E-state index is 11.2. The third-order valence-corrected chi connectivity index (χ3v) is 6.23. The molecule has 0 spiro atoms. The third kappa shape index (κ3) is 2.02. The lowest BCUT2D eigenvalue weighted by Crippen LogP contribution is -2.58. The molecule has 0 amide bonds. The molecule has 4 aliphatic rings. The topological polar surface area (TPSA) is 29.5 Å². The fourth-order valence-corrected chi connectivity index (χ4v) is 5.01. The minimum Gasteiger partial charge on any atom is -0.389 e. The average molecular weight is 252 g/mol. The van der Waals surface area contributed by atoms with E-state index in [-0.39, 0.29) is 11.2 Å². The van der Waals surface area contributed by atoms with Crippen molar-refractivity contribution < 1.29 is 9.84 Å². The summed E-state index contributed by atoms with van der Waals surface area (Å²) in [5.41, 5.74) is -0.465. The predicted molar refractivity (Wildman–Crippen MR) is 72.3 cm³/mol. The lowest BCUT2D eigenvalue weighted by Gasteiger charge is -2.59.